The molecule has 6 nitrogen and oxygen atoms in total. The van der Waals surface area contributed by atoms with Crippen molar-refractivity contribution in [1.82, 2.24) is 0 Å². The molecule has 180 valence electrons. The van der Waals surface area contributed by atoms with E-state index in [1.165, 1.54) is 6.08 Å². The summed E-state index contributed by atoms with van der Waals surface area (Å²) in [6, 6.07) is 4.99. The van der Waals surface area contributed by atoms with Crippen molar-refractivity contribution in [2.24, 2.45) is 0 Å². The quantitative estimate of drug-likeness (QED) is 0.269. The Labute approximate surface area is 195 Å². The third kappa shape index (κ3) is 7.66. The number of carbonyl (C=O) groups excluding carboxylic acids is 1. The smallest absolute Gasteiger partial charge is 0.412 e. The van der Waals surface area contributed by atoms with Crippen LogP contribution in [0.1, 0.15) is 39.2 Å². The fourth-order valence-electron chi connectivity index (χ4n) is 2.88. The van der Waals surface area contributed by atoms with Crippen molar-refractivity contribution >= 4 is 27.8 Å². The predicted octanol–water partition coefficient (Wildman–Crippen LogP) is 5.99. The minimum Gasteiger partial charge on any atom is -0.487 e. The third-order valence-corrected chi connectivity index (χ3v) is 5.51. The molecule has 0 unspecified atom stereocenters. The molecule has 0 atom stereocenters. The van der Waals surface area contributed by atoms with E-state index in [9.17, 15) is 18.0 Å². The molecule has 0 heterocycles. The molecule has 2 rings (SSSR count). The fourth-order valence-corrected chi connectivity index (χ4v) is 3.54. The van der Waals surface area contributed by atoms with Crippen molar-refractivity contribution in [2.75, 3.05) is 13.2 Å². The van der Waals surface area contributed by atoms with Gasteiger partial charge in [0.05, 0.1) is 11.7 Å². The second-order valence-electron chi connectivity index (χ2n) is 7.78. The molecule has 0 saturated heterocycles. The van der Waals surface area contributed by atoms with Gasteiger partial charge in [0.25, 0.3) is 0 Å². The number of allylic oxidation sites excluding steroid dienone is 3. The van der Waals surface area contributed by atoms with E-state index >= 15 is 0 Å². The maximum absolute atomic E-state index is 12.7. The number of ether oxygens (including phenoxy) is 3. The lowest BCUT2D eigenvalue weighted by molar-refractivity contribution is -0.158. The molecule has 1 aliphatic rings. The second-order valence-corrected chi connectivity index (χ2v) is 8.89. The number of rotatable bonds is 8. The van der Waals surface area contributed by atoms with Crippen LogP contribution in [0.4, 0.5) is 13.2 Å². The van der Waals surface area contributed by atoms with Gasteiger partial charge in [0.15, 0.2) is 5.60 Å². The van der Waals surface area contributed by atoms with Gasteiger partial charge in [0.1, 0.15) is 23.1 Å². The first-order valence-corrected chi connectivity index (χ1v) is 11.1. The summed E-state index contributed by atoms with van der Waals surface area (Å²) in [6.45, 7) is 6.89. The lowest BCUT2D eigenvalue weighted by atomic mass is 9.99. The van der Waals surface area contributed by atoms with E-state index in [4.69, 9.17) is 25.0 Å². The SMILES string of the molecule is CCOC(=O)C(C)(C)Oc1ccc(OCC(=N)SC(=N)C2=CC=C(C(F)(F)F)CC2)cc1C. The fraction of sp³-hybridized carbons (Fsp3) is 0.435. The second kappa shape index (κ2) is 10.9. The molecular weight excluding hydrogens is 457 g/mol. The van der Waals surface area contributed by atoms with Crippen LogP contribution < -0.4 is 9.47 Å². The van der Waals surface area contributed by atoms with E-state index in [0.29, 0.717) is 17.1 Å². The Balaban J connectivity index is 1.91. The summed E-state index contributed by atoms with van der Waals surface area (Å²) in [5.41, 5.74) is -0.599. The zero-order valence-electron chi connectivity index (χ0n) is 18.9. The first-order valence-electron chi connectivity index (χ1n) is 10.2. The van der Waals surface area contributed by atoms with Crippen molar-refractivity contribution in [3.63, 3.8) is 0 Å². The van der Waals surface area contributed by atoms with Gasteiger partial charge in [-0.3, -0.25) is 10.8 Å². The van der Waals surface area contributed by atoms with Crippen molar-refractivity contribution in [1.29, 1.82) is 10.8 Å². The molecule has 33 heavy (non-hydrogen) atoms. The first-order chi connectivity index (χ1) is 15.3. The maximum Gasteiger partial charge on any atom is 0.412 e. The molecule has 0 bridgehead atoms. The first kappa shape index (κ1) is 26.5. The van der Waals surface area contributed by atoms with Crippen LogP contribution in [-0.2, 0) is 9.53 Å². The van der Waals surface area contributed by atoms with Gasteiger partial charge in [-0.05, 0) is 69.9 Å². The van der Waals surface area contributed by atoms with E-state index in [1.807, 2.05) is 0 Å². The average molecular weight is 485 g/mol. The summed E-state index contributed by atoms with van der Waals surface area (Å²) < 4.78 is 54.5. The Morgan fingerprint density at radius 3 is 2.39 bits per heavy atom. The molecule has 1 aliphatic carbocycles. The Kier molecular flexibility index (Phi) is 8.76. The van der Waals surface area contributed by atoms with Crippen LogP contribution in [0.3, 0.4) is 0 Å². The van der Waals surface area contributed by atoms with Crippen molar-refractivity contribution in [2.45, 2.75) is 52.3 Å². The normalized spacial score (nSPS) is 14.2. The van der Waals surface area contributed by atoms with Crippen molar-refractivity contribution in [3.8, 4) is 11.5 Å². The van der Waals surface area contributed by atoms with E-state index in [2.05, 4.69) is 0 Å². The van der Waals surface area contributed by atoms with Crippen LogP contribution >= 0.6 is 11.8 Å². The highest BCUT2D eigenvalue weighted by molar-refractivity contribution is 8.26. The minimum absolute atomic E-state index is 0.0298. The largest absolute Gasteiger partial charge is 0.487 e. The van der Waals surface area contributed by atoms with Gasteiger partial charge in [-0.1, -0.05) is 23.9 Å². The van der Waals surface area contributed by atoms with Crippen LogP contribution in [0.5, 0.6) is 11.5 Å². The molecule has 0 radical (unpaired) electrons. The summed E-state index contributed by atoms with van der Waals surface area (Å²) in [4.78, 5) is 12.0. The highest BCUT2D eigenvalue weighted by atomic mass is 32.2. The van der Waals surface area contributed by atoms with E-state index in [1.54, 1.807) is 45.9 Å². The number of nitrogens with one attached hydrogen (secondary N) is 2. The van der Waals surface area contributed by atoms with Crippen LogP contribution in [0.25, 0.3) is 0 Å². The minimum atomic E-state index is -4.36. The Morgan fingerprint density at radius 1 is 1.15 bits per heavy atom. The highest BCUT2D eigenvalue weighted by Crippen LogP contribution is 2.34. The summed E-state index contributed by atoms with van der Waals surface area (Å²) in [7, 11) is 0. The topological polar surface area (TPSA) is 92.5 Å². The standard InChI is InChI=1S/C23H27F3N2O4S/c1-5-30-21(29)22(3,4)32-18-11-10-17(12-14(18)2)31-13-19(27)33-20(28)15-6-8-16(9-7-15)23(24,25)26/h6,8,10-12,27-28H,5,7,9,13H2,1-4H3. The Morgan fingerprint density at radius 2 is 1.85 bits per heavy atom. The summed E-state index contributed by atoms with van der Waals surface area (Å²) >= 11 is 0.844. The molecule has 1 aromatic rings. The molecule has 0 saturated carbocycles. The number of carbonyl (C=O) groups is 1. The summed E-state index contributed by atoms with van der Waals surface area (Å²) in [5, 5.41) is 16.2. The number of halogens is 3. The van der Waals surface area contributed by atoms with Gasteiger partial charge in [0, 0.05) is 5.57 Å². The highest BCUT2D eigenvalue weighted by Gasteiger charge is 2.34. The molecule has 0 amide bonds. The van der Waals surface area contributed by atoms with Crippen LogP contribution in [0.15, 0.2) is 41.5 Å². The number of hydrogen-bond donors (Lipinski definition) is 2. The average Bonchev–Trinajstić information content (AvgIpc) is 2.73. The molecular formula is C23H27F3N2O4S. The molecule has 0 aromatic heterocycles. The van der Waals surface area contributed by atoms with Gasteiger partial charge in [-0.25, -0.2) is 4.79 Å². The molecule has 1 aromatic carbocycles. The van der Waals surface area contributed by atoms with Crippen LogP contribution in [-0.4, -0.2) is 41.0 Å². The van der Waals surface area contributed by atoms with Crippen LogP contribution in [0, 0.1) is 17.7 Å². The predicted molar refractivity (Wildman–Crippen MR) is 123 cm³/mol. The maximum atomic E-state index is 12.7. The van der Waals surface area contributed by atoms with Crippen molar-refractivity contribution < 1.29 is 32.2 Å². The molecule has 0 aliphatic heterocycles. The number of alkyl halides is 3. The molecule has 0 fully saturated rings. The third-order valence-electron chi connectivity index (χ3n) is 4.68. The zero-order chi connectivity index (χ0) is 24.8. The van der Waals surface area contributed by atoms with E-state index in [-0.39, 0.29) is 36.1 Å². The number of hydrogen-bond acceptors (Lipinski definition) is 7. The van der Waals surface area contributed by atoms with Gasteiger partial charge in [0.2, 0.25) is 0 Å². The van der Waals surface area contributed by atoms with Gasteiger partial charge in [-0.15, -0.1) is 0 Å². The Hall–Kier alpha value is -2.75. The molecule has 10 heteroatoms. The monoisotopic (exact) mass is 484 g/mol. The lowest BCUT2D eigenvalue weighted by Crippen LogP contribution is -2.39. The number of esters is 1. The number of thioether (sulfide) groups is 1. The summed E-state index contributed by atoms with van der Waals surface area (Å²) in [6.07, 6.45) is -2.15. The molecule has 0 spiro atoms. The van der Waals surface area contributed by atoms with Crippen molar-refractivity contribution in [3.05, 3.63) is 47.1 Å². The molecule has 2 N–H and O–H groups in total. The van der Waals surface area contributed by atoms with E-state index in [0.717, 1.165) is 23.4 Å². The van der Waals surface area contributed by atoms with Gasteiger partial charge >= 0.3 is 12.1 Å². The van der Waals surface area contributed by atoms with Gasteiger partial charge in [-0.2, -0.15) is 13.2 Å². The van der Waals surface area contributed by atoms with E-state index < -0.39 is 23.3 Å². The number of benzene rings is 1. The van der Waals surface area contributed by atoms with Gasteiger partial charge < -0.3 is 14.2 Å². The Bertz CT molecular complexity index is 984. The number of aryl methyl sites for hydroxylation is 1. The zero-order valence-corrected chi connectivity index (χ0v) is 19.7. The lowest BCUT2D eigenvalue weighted by Gasteiger charge is -2.25. The van der Waals surface area contributed by atoms with Crippen LogP contribution in [0.2, 0.25) is 0 Å². The summed E-state index contributed by atoms with van der Waals surface area (Å²) in [5.74, 6) is 0.485.